The molecule has 0 aromatic carbocycles. The van der Waals surface area contributed by atoms with Crippen LogP contribution in [0.4, 0.5) is 16.3 Å². The summed E-state index contributed by atoms with van der Waals surface area (Å²) in [4.78, 5) is 21.4. The number of rotatable bonds is 2. The van der Waals surface area contributed by atoms with Crippen LogP contribution >= 0.6 is 0 Å². The fourth-order valence-corrected chi connectivity index (χ4v) is 1.11. The number of hydrogen-bond acceptors (Lipinski definition) is 5. The molecule has 1 rings (SSSR count). The van der Waals surface area contributed by atoms with E-state index in [2.05, 4.69) is 10.4 Å². The molecule has 0 bridgehead atoms. The molecule has 17 heavy (non-hydrogen) atoms. The number of aryl methyl sites for hydroxylation is 1. The third-order valence-corrected chi connectivity index (χ3v) is 1.62. The van der Waals surface area contributed by atoms with Crippen LogP contribution in [0.15, 0.2) is 6.20 Å². The molecule has 0 fully saturated rings. The highest BCUT2D eigenvalue weighted by Gasteiger charge is 2.23. The van der Waals surface area contributed by atoms with Gasteiger partial charge in [-0.2, -0.15) is 4.68 Å². The number of ether oxygens (including phenoxy) is 1. The van der Waals surface area contributed by atoms with Crippen LogP contribution in [0.1, 0.15) is 20.8 Å². The van der Waals surface area contributed by atoms with E-state index in [0.717, 1.165) is 0 Å². The van der Waals surface area contributed by atoms with Gasteiger partial charge in [0.15, 0.2) is 5.69 Å². The van der Waals surface area contributed by atoms with Gasteiger partial charge in [-0.3, -0.25) is 5.32 Å². The van der Waals surface area contributed by atoms with Gasteiger partial charge in [0.05, 0.1) is 18.3 Å². The topological polar surface area (TPSA) is 99.3 Å². The molecule has 1 aromatic rings. The Hall–Kier alpha value is -2.12. The number of nitrogens with zero attached hydrogens (tertiary/aromatic N) is 3. The second kappa shape index (κ2) is 4.40. The molecule has 8 heteroatoms. The Morgan fingerprint density at radius 1 is 1.59 bits per heavy atom. The van der Waals surface area contributed by atoms with Crippen molar-refractivity contribution in [2.75, 3.05) is 5.32 Å². The molecule has 1 heterocycles. The second-order valence-corrected chi connectivity index (χ2v) is 4.42. The lowest BCUT2D eigenvalue weighted by molar-refractivity contribution is -0.388. The molecule has 0 spiro atoms. The first-order valence-corrected chi connectivity index (χ1v) is 4.87. The molecule has 0 radical (unpaired) electrons. The van der Waals surface area contributed by atoms with Gasteiger partial charge in [0.1, 0.15) is 5.60 Å². The highest BCUT2D eigenvalue weighted by atomic mass is 16.6. The molecular weight excluding hydrogens is 228 g/mol. The van der Waals surface area contributed by atoms with E-state index >= 15 is 0 Å². The molecule has 1 N–H and O–H groups in total. The minimum absolute atomic E-state index is 0.00625. The SMILES string of the molecule is Cn1cc(NC(=O)OC(C)(C)C)c([N+](=O)[O-])n1. The van der Waals surface area contributed by atoms with Gasteiger partial charge in [0, 0.05) is 0 Å². The highest BCUT2D eigenvalue weighted by Crippen LogP contribution is 2.22. The van der Waals surface area contributed by atoms with Crippen molar-refractivity contribution in [3.05, 3.63) is 16.3 Å². The van der Waals surface area contributed by atoms with Crippen molar-refractivity contribution in [3.63, 3.8) is 0 Å². The van der Waals surface area contributed by atoms with Gasteiger partial charge in [-0.15, -0.1) is 0 Å². The van der Waals surface area contributed by atoms with Gasteiger partial charge in [-0.05, 0) is 25.7 Å². The number of nitrogens with one attached hydrogen (secondary N) is 1. The summed E-state index contributed by atoms with van der Waals surface area (Å²) in [5.74, 6) is -0.418. The molecule has 1 amide bonds. The Morgan fingerprint density at radius 2 is 2.18 bits per heavy atom. The Bertz CT molecular complexity index is 446. The number of hydrogen-bond donors (Lipinski definition) is 1. The van der Waals surface area contributed by atoms with E-state index in [-0.39, 0.29) is 5.69 Å². The standard InChI is InChI=1S/C9H14N4O4/c1-9(2,3)17-8(14)10-6-5-12(4)11-7(6)13(15)16/h5H,1-4H3,(H,10,14). The lowest BCUT2D eigenvalue weighted by Gasteiger charge is -2.19. The molecule has 0 aliphatic rings. The van der Waals surface area contributed by atoms with E-state index in [4.69, 9.17) is 4.74 Å². The molecule has 0 saturated carbocycles. The maximum atomic E-state index is 11.4. The van der Waals surface area contributed by atoms with Crippen molar-refractivity contribution in [2.45, 2.75) is 26.4 Å². The van der Waals surface area contributed by atoms with E-state index in [1.807, 2.05) is 0 Å². The fourth-order valence-electron chi connectivity index (χ4n) is 1.11. The lowest BCUT2D eigenvalue weighted by Crippen LogP contribution is -2.27. The van der Waals surface area contributed by atoms with Crippen LogP contribution in [0, 0.1) is 10.1 Å². The first-order chi connectivity index (χ1) is 7.69. The molecule has 94 valence electrons. The number of amides is 1. The Labute approximate surface area is 97.7 Å². The molecule has 0 unspecified atom stereocenters. The van der Waals surface area contributed by atoms with Crippen molar-refractivity contribution >= 4 is 17.6 Å². The van der Waals surface area contributed by atoms with Crippen LogP contribution in [-0.4, -0.2) is 26.4 Å². The lowest BCUT2D eigenvalue weighted by atomic mass is 10.2. The molecule has 0 aliphatic carbocycles. The number of aromatic nitrogens is 2. The van der Waals surface area contributed by atoms with Crippen LogP contribution < -0.4 is 5.32 Å². The van der Waals surface area contributed by atoms with Crippen molar-refractivity contribution in [2.24, 2.45) is 7.05 Å². The smallest absolute Gasteiger partial charge is 0.413 e. The summed E-state index contributed by atoms with van der Waals surface area (Å²) in [7, 11) is 1.52. The average Bonchev–Trinajstić information content (AvgIpc) is 2.42. The van der Waals surface area contributed by atoms with Crippen LogP contribution in [0.5, 0.6) is 0 Å². The molecule has 0 aliphatic heterocycles. The third kappa shape index (κ3) is 3.74. The van der Waals surface area contributed by atoms with Gasteiger partial charge in [0.25, 0.3) is 0 Å². The Morgan fingerprint density at radius 3 is 2.65 bits per heavy atom. The van der Waals surface area contributed by atoms with Crippen LogP contribution in [0.3, 0.4) is 0 Å². The van der Waals surface area contributed by atoms with Gasteiger partial charge in [-0.25, -0.2) is 4.79 Å². The molecule has 1 aromatic heterocycles. The summed E-state index contributed by atoms with van der Waals surface area (Å²) >= 11 is 0. The van der Waals surface area contributed by atoms with E-state index < -0.39 is 22.4 Å². The number of carbonyl (C=O) groups excluding carboxylic acids is 1. The van der Waals surface area contributed by atoms with Crippen molar-refractivity contribution < 1.29 is 14.5 Å². The van der Waals surface area contributed by atoms with Crippen LogP contribution in [0.2, 0.25) is 0 Å². The molecule has 8 nitrogen and oxygen atoms in total. The van der Waals surface area contributed by atoms with Gasteiger partial charge >= 0.3 is 11.9 Å². The van der Waals surface area contributed by atoms with Crippen molar-refractivity contribution in [3.8, 4) is 0 Å². The van der Waals surface area contributed by atoms with Gasteiger partial charge in [-0.1, -0.05) is 0 Å². The van der Waals surface area contributed by atoms with Crippen molar-refractivity contribution in [1.82, 2.24) is 9.78 Å². The summed E-state index contributed by atoms with van der Waals surface area (Å²) in [6.07, 6.45) is 0.579. The monoisotopic (exact) mass is 242 g/mol. The van der Waals surface area contributed by atoms with Crippen LogP contribution in [-0.2, 0) is 11.8 Å². The third-order valence-electron chi connectivity index (χ3n) is 1.62. The quantitative estimate of drug-likeness (QED) is 0.628. The zero-order chi connectivity index (χ0) is 13.2. The van der Waals surface area contributed by atoms with Gasteiger partial charge < -0.3 is 14.9 Å². The Balaban J connectivity index is 2.81. The van der Waals surface area contributed by atoms with Gasteiger partial charge in [0.2, 0.25) is 0 Å². The molecule has 0 atom stereocenters. The average molecular weight is 242 g/mol. The van der Waals surface area contributed by atoms with Crippen LogP contribution in [0.25, 0.3) is 0 Å². The summed E-state index contributed by atoms with van der Waals surface area (Å²) in [6.45, 7) is 5.10. The predicted octanol–water partition coefficient (Wildman–Crippen LogP) is 1.68. The number of nitro groups is 1. The minimum Gasteiger partial charge on any atom is -0.444 e. The minimum atomic E-state index is -0.756. The second-order valence-electron chi connectivity index (χ2n) is 4.42. The molecular formula is C9H14N4O4. The zero-order valence-corrected chi connectivity index (χ0v) is 10.1. The number of anilines is 1. The zero-order valence-electron chi connectivity index (χ0n) is 10.1. The maximum Gasteiger partial charge on any atom is 0.413 e. The summed E-state index contributed by atoms with van der Waals surface area (Å²) < 4.78 is 6.22. The van der Waals surface area contributed by atoms with E-state index in [1.54, 1.807) is 20.8 Å². The molecule has 0 saturated heterocycles. The first-order valence-electron chi connectivity index (χ1n) is 4.87. The predicted molar refractivity (Wildman–Crippen MR) is 59.7 cm³/mol. The normalized spacial score (nSPS) is 11.1. The Kier molecular flexibility index (Phi) is 3.35. The first kappa shape index (κ1) is 12.9. The largest absolute Gasteiger partial charge is 0.444 e. The summed E-state index contributed by atoms with van der Waals surface area (Å²) in [6, 6.07) is 0. The highest BCUT2D eigenvalue weighted by molar-refractivity contribution is 5.87. The summed E-state index contributed by atoms with van der Waals surface area (Å²) in [5.41, 5.74) is -0.659. The number of carbonyl (C=O) groups is 1. The van der Waals surface area contributed by atoms with E-state index in [0.29, 0.717) is 0 Å². The summed E-state index contributed by atoms with van der Waals surface area (Å²) in [5, 5.41) is 16.5. The maximum absolute atomic E-state index is 11.4. The van der Waals surface area contributed by atoms with Crippen molar-refractivity contribution in [1.29, 1.82) is 0 Å². The van der Waals surface area contributed by atoms with E-state index in [9.17, 15) is 14.9 Å². The van der Waals surface area contributed by atoms with E-state index in [1.165, 1.54) is 17.9 Å². The fraction of sp³-hybridized carbons (Fsp3) is 0.556.